The zero-order chi connectivity index (χ0) is 18.0. The molecular weight excluding hydrogens is 327 g/mol. The predicted octanol–water partition coefficient (Wildman–Crippen LogP) is 3.15. The minimum Gasteiger partial charge on any atom is -0.406 e. The van der Waals surface area contributed by atoms with Crippen LogP contribution in [0.1, 0.15) is 39.2 Å². The summed E-state index contributed by atoms with van der Waals surface area (Å²) in [6.45, 7) is 5.29. The van der Waals surface area contributed by atoms with Crippen LogP contribution in [0.4, 0.5) is 13.2 Å². The molecule has 0 bridgehead atoms. The first kappa shape index (κ1) is 17.9. The van der Waals surface area contributed by atoms with Gasteiger partial charge in [0.15, 0.2) is 5.84 Å². The highest BCUT2D eigenvalue weighted by molar-refractivity contribution is 6.00. The van der Waals surface area contributed by atoms with Crippen molar-refractivity contribution < 1.29 is 27.5 Å². The molecule has 24 heavy (non-hydrogen) atoms. The van der Waals surface area contributed by atoms with Crippen molar-refractivity contribution in [3.8, 4) is 5.75 Å². The Bertz CT molecular complexity index is 627. The third-order valence-corrected chi connectivity index (χ3v) is 3.17. The number of halogens is 3. The van der Waals surface area contributed by atoms with E-state index in [0.717, 1.165) is 0 Å². The van der Waals surface area contributed by atoms with Crippen LogP contribution >= 0.6 is 0 Å². The molecule has 1 heterocycles. The molecule has 0 unspecified atom stereocenters. The van der Waals surface area contributed by atoms with Crippen molar-refractivity contribution in [1.29, 1.82) is 0 Å². The van der Waals surface area contributed by atoms with Gasteiger partial charge in [0.1, 0.15) is 5.75 Å². The molecule has 1 aliphatic heterocycles. The van der Waals surface area contributed by atoms with E-state index in [4.69, 9.17) is 4.84 Å². The van der Waals surface area contributed by atoms with Crippen molar-refractivity contribution in [2.24, 2.45) is 5.16 Å². The number of ether oxygens (including phenoxy) is 1. The smallest absolute Gasteiger partial charge is 0.406 e. The molecule has 0 saturated carbocycles. The molecule has 0 radical (unpaired) electrons. The molecule has 0 fully saturated rings. The molecule has 1 amide bonds. The standard InChI is InChI=1S/C15H18F3N3O3/c1-4-5-12(22)19-21-13(20-24-14(21,2)3)10-6-8-11(9-7-10)23-15(16,17)18/h6-9H,4-5H2,1-3H3,(H,19,22). The lowest BCUT2D eigenvalue weighted by atomic mass is 10.1. The molecular formula is C15H18F3N3O3. The zero-order valence-electron chi connectivity index (χ0n) is 13.5. The molecule has 0 atom stereocenters. The highest BCUT2D eigenvalue weighted by atomic mass is 19.4. The lowest BCUT2D eigenvalue weighted by molar-refractivity contribution is -0.274. The SMILES string of the molecule is CCCC(=O)NN1C(c2ccc(OC(F)(F)F)cc2)=NOC1(C)C. The maximum absolute atomic E-state index is 12.2. The molecule has 0 aromatic heterocycles. The van der Waals surface area contributed by atoms with Crippen molar-refractivity contribution >= 4 is 11.7 Å². The first-order valence-corrected chi connectivity index (χ1v) is 7.34. The summed E-state index contributed by atoms with van der Waals surface area (Å²) in [7, 11) is 0. The second kappa shape index (κ2) is 6.58. The number of carbonyl (C=O) groups excluding carboxylic acids is 1. The highest BCUT2D eigenvalue weighted by Crippen LogP contribution is 2.27. The van der Waals surface area contributed by atoms with Crippen molar-refractivity contribution in [3.05, 3.63) is 29.8 Å². The van der Waals surface area contributed by atoms with Crippen LogP contribution in [0, 0.1) is 0 Å². The van der Waals surface area contributed by atoms with Crippen LogP contribution in [0.2, 0.25) is 0 Å². The quantitative estimate of drug-likeness (QED) is 0.890. The van der Waals surface area contributed by atoms with E-state index in [-0.39, 0.29) is 11.7 Å². The van der Waals surface area contributed by atoms with Gasteiger partial charge in [0, 0.05) is 12.0 Å². The van der Waals surface area contributed by atoms with Crippen molar-refractivity contribution in [1.82, 2.24) is 10.4 Å². The Balaban J connectivity index is 2.18. The molecule has 9 heteroatoms. The van der Waals surface area contributed by atoms with Gasteiger partial charge in [-0.2, -0.15) is 0 Å². The number of hydrazine groups is 1. The Morgan fingerprint density at radius 3 is 2.50 bits per heavy atom. The lowest BCUT2D eigenvalue weighted by Gasteiger charge is -2.31. The summed E-state index contributed by atoms with van der Waals surface area (Å²) in [6.07, 6.45) is -3.74. The summed E-state index contributed by atoms with van der Waals surface area (Å²) in [5.74, 6) is -0.254. The van der Waals surface area contributed by atoms with Gasteiger partial charge in [-0.1, -0.05) is 12.1 Å². The number of amides is 1. The summed E-state index contributed by atoms with van der Waals surface area (Å²) in [5.41, 5.74) is 2.26. The van der Waals surface area contributed by atoms with Gasteiger partial charge in [0.25, 0.3) is 0 Å². The zero-order valence-corrected chi connectivity index (χ0v) is 13.5. The molecule has 1 aromatic rings. The Kier molecular flexibility index (Phi) is 4.91. The average molecular weight is 345 g/mol. The molecule has 1 aromatic carbocycles. The number of nitrogens with one attached hydrogen (secondary N) is 1. The lowest BCUT2D eigenvalue weighted by Crippen LogP contribution is -2.54. The Labute approximate surface area is 137 Å². The minimum absolute atomic E-state index is 0.208. The van der Waals surface area contributed by atoms with Crippen molar-refractivity contribution in [3.63, 3.8) is 0 Å². The monoisotopic (exact) mass is 345 g/mol. The number of hydrogen-bond donors (Lipinski definition) is 1. The fourth-order valence-electron chi connectivity index (χ4n) is 2.07. The highest BCUT2D eigenvalue weighted by Gasteiger charge is 2.39. The molecule has 2 rings (SSSR count). The summed E-state index contributed by atoms with van der Waals surface area (Å²) in [5, 5.41) is 5.37. The van der Waals surface area contributed by atoms with E-state index in [2.05, 4.69) is 15.3 Å². The minimum atomic E-state index is -4.75. The normalized spacial score (nSPS) is 16.4. The Morgan fingerprint density at radius 2 is 1.96 bits per heavy atom. The van der Waals surface area contributed by atoms with Crippen LogP contribution < -0.4 is 10.2 Å². The van der Waals surface area contributed by atoms with Crippen LogP contribution in [0.5, 0.6) is 5.75 Å². The molecule has 1 aliphatic rings. The third-order valence-electron chi connectivity index (χ3n) is 3.17. The van der Waals surface area contributed by atoms with Crippen LogP contribution in [0.3, 0.4) is 0 Å². The number of alkyl halides is 3. The summed E-state index contributed by atoms with van der Waals surface area (Å²) >= 11 is 0. The van der Waals surface area contributed by atoms with Crippen LogP contribution in [-0.2, 0) is 9.63 Å². The van der Waals surface area contributed by atoms with E-state index in [1.807, 2.05) is 6.92 Å². The topological polar surface area (TPSA) is 63.2 Å². The fourth-order valence-corrected chi connectivity index (χ4v) is 2.07. The van der Waals surface area contributed by atoms with E-state index in [0.29, 0.717) is 24.2 Å². The van der Waals surface area contributed by atoms with Gasteiger partial charge >= 0.3 is 6.36 Å². The van der Waals surface area contributed by atoms with Gasteiger partial charge in [-0.15, -0.1) is 13.2 Å². The van der Waals surface area contributed by atoms with E-state index in [1.165, 1.54) is 29.3 Å². The first-order chi connectivity index (χ1) is 11.1. The van der Waals surface area contributed by atoms with E-state index < -0.39 is 12.1 Å². The Morgan fingerprint density at radius 1 is 1.33 bits per heavy atom. The van der Waals surface area contributed by atoms with E-state index >= 15 is 0 Å². The van der Waals surface area contributed by atoms with Crippen LogP contribution in [0.25, 0.3) is 0 Å². The summed E-state index contributed by atoms with van der Waals surface area (Å²) in [4.78, 5) is 17.2. The molecule has 1 N–H and O–H groups in total. The maximum Gasteiger partial charge on any atom is 0.573 e. The van der Waals surface area contributed by atoms with Gasteiger partial charge < -0.3 is 9.57 Å². The first-order valence-electron chi connectivity index (χ1n) is 7.34. The summed E-state index contributed by atoms with van der Waals surface area (Å²) in [6, 6.07) is 5.15. The van der Waals surface area contributed by atoms with Gasteiger partial charge in [-0.25, -0.2) is 5.01 Å². The second-order valence-electron chi connectivity index (χ2n) is 5.65. The number of rotatable bonds is 5. The molecule has 0 saturated heterocycles. The second-order valence-corrected chi connectivity index (χ2v) is 5.65. The van der Waals surface area contributed by atoms with Crippen LogP contribution in [-0.4, -0.2) is 28.8 Å². The summed E-state index contributed by atoms with van der Waals surface area (Å²) < 4.78 is 40.4. The van der Waals surface area contributed by atoms with Gasteiger partial charge in [-0.05, 0) is 44.5 Å². The van der Waals surface area contributed by atoms with Gasteiger partial charge in [0.05, 0.1) is 0 Å². The third kappa shape index (κ3) is 4.30. The number of oxime groups is 1. The van der Waals surface area contributed by atoms with Crippen molar-refractivity contribution in [2.75, 3.05) is 0 Å². The molecule has 0 spiro atoms. The number of nitrogens with zero attached hydrogens (tertiary/aromatic N) is 2. The molecule has 0 aliphatic carbocycles. The number of hydrogen-bond acceptors (Lipinski definition) is 5. The fraction of sp³-hybridized carbons (Fsp3) is 0.467. The molecule has 132 valence electrons. The average Bonchev–Trinajstić information content (AvgIpc) is 2.74. The maximum atomic E-state index is 12.2. The van der Waals surface area contributed by atoms with Gasteiger partial charge in [-0.3, -0.25) is 10.2 Å². The van der Waals surface area contributed by atoms with Crippen molar-refractivity contribution in [2.45, 2.75) is 45.7 Å². The largest absolute Gasteiger partial charge is 0.573 e. The van der Waals surface area contributed by atoms with Crippen LogP contribution in [0.15, 0.2) is 29.4 Å². The van der Waals surface area contributed by atoms with E-state index in [9.17, 15) is 18.0 Å². The number of benzene rings is 1. The van der Waals surface area contributed by atoms with E-state index in [1.54, 1.807) is 13.8 Å². The number of amidine groups is 1. The Hall–Kier alpha value is -2.45. The predicted molar refractivity (Wildman–Crippen MR) is 79.7 cm³/mol. The van der Waals surface area contributed by atoms with Gasteiger partial charge in [0.2, 0.25) is 11.6 Å². The number of carbonyl (C=O) groups is 1. The molecule has 6 nitrogen and oxygen atoms in total.